The number of aromatic nitrogens is 2. The van der Waals surface area contributed by atoms with E-state index in [4.69, 9.17) is 9.47 Å². The Bertz CT molecular complexity index is 1020. The number of benzene rings is 2. The topological polar surface area (TPSA) is 79.7 Å². The van der Waals surface area contributed by atoms with Crippen molar-refractivity contribution in [1.82, 2.24) is 14.9 Å². The Morgan fingerprint density at radius 3 is 2.58 bits per heavy atom. The van der Waals surface area contributed by atoms with Gasteiger partial charge in [-0.05, 0) is 38.8 Å². The maximum atomic E-state index is 9.83. The first-order valence-electron chi connectivity index (χ1n) is 10.3. The molecule has 0 amide bonds. The van der Waals surface area contributed by atoms with E-state index in [1.54, 1.807) is 31.5 Å². The van der Waals surface area contributed by atoms with E-state index >= 15 is 0 Å². The summed E-state index contributed by atoms with van der Waals surface area (Å²) in [5, 5.41) is 13.9. The molecule has 1 fully saturated rings. The molecule has 0 bridgehead atoms. The highest BCUT2D eigenvalue weighted by Gasteiger charge is 2.22. The molecule has 2 aromatic carbocycles. The SMILES string of the molecule is C.COc1cc(O)cc(Nc2ncc3ccc(OC4CCN(C(C)C)CC4)cc3n2)c1. The lowest BCUT2D eigenvalue weighted by Crippen LogP contribution is -2.41. The second-order valence-electron chi connectivity index (χ2n) is 7.91. The molecular formula is C24H32N4O3. The largest absolute Gasteiger partial charge is 0.508 e. The van der Waals surface area contributed by atoms with Gasteiger partial charge in [0.1, 0.15) is 23.4 Å². The number of phenols is 1. The lowest BCUT2D eigenvalue weighted by molar-refractivity contribution is 0.0844. The zero-order valence-corrected chi connectivity index (χ0v) is 17.6. The monoisotopic (exact) mass is 424 g/mol. The summed E-state index contributed by atoms with van der Waals surface area (Å²) in [5.41, 5.74) is 1.45. The molecule has 1 aromatic heterocycles. The number of aromatic hydroxyl groups is 1. The van der Waals surface area contributed by atoms with Gasteiger partial charge < -0.3 is 24.8 Å². The zero-order chi connectivity index (χ0) is 21.1. The standard InChI is InChI=1S/C23H28N4O3.CH4/c1-15(2)27-8-6-19(7-9-27)30-20-5-4-16-14-24-23(26-22(16)13-20)25-17-10-18(28)12-21(11-17)29-3;/h4-5,10-15,19,28H,6-9H2,1-3H3,(H,24,25,26);1H4. The maximum Gasteiger partial charge on any atom is 0.227 e. The molecule has 2 heterocycles. The summed E-state index contributed by atoms with van der Waals surface area (Å²) in [7, 11) is 1.55. The minimum Gasteiger partial charge on any atom is -0.508 e. The normalized spacial score (nSPS) is 15.0. The molecule has 7 nitrogen and oxygen atoms in total. The summed E-state index contributed by atoms with van der Waals surface area (Å²) in [6.07, 6.45) is 4.07. The summed E-state index contributed by atoms with van der Waals surface area (Å²) >= 11 is 0. The molecule has 0 spiro atoms. The Balaban J connectivity index is 0.00000272. The van der Waals surface area contributed by atoms with Gasteiger partial charge in [0.2, 0.25) is 5.95 Å². The summed E-state index contributed by atoms with van der Waals surface area (Å²) in [5.74, 6) is 1.93. The lowest BCUT2D eigenvalue weighted by atomic mass is 10.1. The van der Waals surface area contributed by atoms with Crippen LogP contribution in [0.2, 0.25) is 0 Å². The van der Waals surface area contributed by atoms with E-state index in [1.165, 1.54) is 0 Å². The molecule has 0 saturated carbocycles. The molecule has 0 radical (unpaired) electrons. The van der Waals surface area contributed by atoms with Crippen molar-refractivity contribution in [3.8, 4) is 17.2 Å². The summed E-state index contributed by atoms with van der Waals surface area (Å²) in [6.45, 7) is 6.62. The third-order valence-corrected chi connectivity index (χ3v) is 5.45. The van der Waals surface area contributed by atoms with Gasteiger partial charge in [0, 0.05) is 60.7 Å². The third kappa shape index (κ3) is 5.55. The van der Waals surface area contributed by atoms with Crippen LogP contribution in [0, 0.1) is 0 Å². The van der Waals surface area contributed by atoms with Gasteiger partial charge in [0.15, 0.2) is 0 Å². The molecule has 2 N–H and O–H groups in total. The molecular weight excluding hydrogens is 392 g/mol. The number of nitrogens with zero attached hydrogens (tertiary/aromatic N) is 3. The first-order chi connectivity index (χ1) is 14.5. The molecule has 166 valence electrons. The van der Waals surface area contributed by atoms with Crippen LogP contribution in [0.15, 0.2) is 42.6 Å². The number of hydrogen-bond acceptors (Lipinski definition) is 7. The Morgan fingerprint density at radius 1 is 1.10 bits per heavy atom. The number of phenolic OH excluding ortho intramolecular Hbond substituents is 1. The highest BCUT2D eigenvalue weighted by atomic mass is 16.5. The summed E-state index contributed by atoms with van der Waals surface area (Å²) in [6, 6.07) is 11.4. The van der Waals surface area contributed by atoms with Gasteiger partial charge in [-0.15, -0.1) is 0 Å². The Morgan fingerprint density at radius 2 is 1.87 bits per heavy atom. The number of nitrogens with one attached hydrogen (secondary N) is 1. The fraction of sp³-hybridized carbons (Fsp3) is 0.417. The second-order valence-corrected chi connectivity index (χ2v) is 7.91. The van der Waals surface area contributed by atoms with Crippen molar-refractivity contribution in [3.63, 3.8) is 0 Å². The molecule has 4 rings (SSSR count). The number of piperidine rings is 1. The zero-order valence-electron chi connectivity index (χ0n) is 17.6. The minimum atomic E-state index is 0. The second kappa shape index (κ2) is 9.83. The van der Waals surface area contributed by atoms with Crippen molar-refractivity contribution in [2.24, 2.45) is 0 Å². The average Bonchev–Trinajstić information content (AvgIpc) is 2.73. The van der Waals surface area contributed by atoms with E-state index in [0.717, 1.165) is 42.6 Å². The van der Waals surface area contributed by atoms with E-state index in [9.17, 15) is 5.11 Å². The number of likely N-dealkylation sites (tertiary alicyclic amines) is 1. The first-order valence-corrected chi connectivity index (χ1v) is 10.3. The van der Waals surface area contributed by atoms with E-state index in [1.807, 2.05) is 18.2 Å². The molecule has 7 heteroatoms. The van der Waals surface area contributed by atoms with Gasteiger partial charge in [-0.3, -0.25) is 0 Å². The van der Waals surface area contributed by atoms with Crippen molar-refractivity contribution < 1.29 is 14.6 Å². The molecule has 3 aromatic rings. The number of fused-ring (bicyclic) bond motifs is 1. The van der Waals surface area contributed by atoms with Gasteiger partial charge in [0.25, 0.3) is 0 Å². The Labute approximate surface area is 184 Å². The molecule has 0 aliphatic carbocycles. The Kier molecular flexibility index (Phi) is 7.17. The van der Waals surface area contributed by atoms with Gasteiger partial charge in [0.05, 0.1) is 12.6 Å². The minimum absolute atomic E-state index is 0. The highest BCUT2D eigenvalue weighted by Crippen LogP contribution is 2.28. The van der Waals surface area contributed by atoms with Gasteiger partial charge in [-0.2, -0.15) is 0 Å². The van der Waals surface area contributed by atoms with Crippen LogP contribution in [0.25, 0.3) is 10.9 Å². The van der Waals surface area contributed by atoms with E-state index < -0.39 is 0 Å². The van der Waals surface area contributed by atoms with Gasteiger partial charge >= 0.3 is 0 Å². The summed E-state index contributed by atoms with van der Waals surface area (Å²) < 4.78 is 11.4. The Hall–Kier alpha value is -3.06. The van der Waals surface area contributed by atoms with Crippen molar-refractivity contribution in [1.29, 1.82) is 0 Å². The third-order valence-electron chi connectivity index (χ3n) is 5.45. The fourth-order valence-electron chi connectivity index (χ4n) is 3.74. The van der Waals surface area contributed by atoms with Crippen LogP contribution in [-0.2, 0) is 0 Å². The number of methoxy groups -OCH3 is 1. The number of anilines is 2. The maximum absolute atomic E-state index is 9.83. The van der Waals surface area contributed by atoms with E-state index in [2.05, 4.69) is 34.0 Å². The van der Waals surface area contributed by atoms with Gasteiger partial charge in [-0.25, -0.2) is 9.97 Å². The number of rotatable bonds is 6. The predicted octanol–water partition coefficient (Wildman–Crippen LogP) is 4.98. The highest BCUT2D eigenvalue weighted by molar-refractivity contribution is 5.80. The van der Waals surface area contributed by atoms with E-state index in [0.29, 0.717) is 23.4 Å². The average molecular weight is 425 g/mol. The summed E-state index contributed by atoms with van der Waals surface area (Å²) in [4.78, 5) is 11.5. The van der Waals surface area contributed by atoms with Crippen LogP contribution in [0.5, 0.6) is 17.2 Å². The number of ether oxygens (including phenoxy) is 2. The van der Waals surface area contributed by atoms with Crippen LogP contribution >= 0.6 is 0 Å². The van der Waals surface area contributed by atoms with Crippen molar-refractivity contribution >= 4 is 22.5 Å². The molecule has 0 unspecified atom stereocenters. The van der Waals surface area contributed by atoms with Crippen molar-refractivity contribution in [2.75, 3.05) is 25.5 Å². The van der Waals surface area contributed by atoms with Crippen LogP contribution in [-0.4, -0.2) is 52.3 Å². The van der Waals surface area contributed by atoms with Crippen molar-refractivity contribution in [3.05, 3.63) is 42.6 Å². The molecule has 1 aliphatic rings. The molecule has 31 heavy (non-hydrogen) atoms. The van der Waals surface area contributed by atoms with Crippen LogP contribution < -0.4 is 14.8 Å². The fourth-order valence-corrected chi connectivity index (χ4v) is 3.74. The quantitative estimate of drug-likeness (QED) is 0.578. The number of hydrogen-bond donors (Lipinski definition) is 2. The van der Waals surface area contributed by atoms with Crippen molar-refractivity contribution in [2.45, 2.75) is 46.3 Å². The van der Waals surface area contributed by atoms with Crippen LogP contribution in [0.4, 0.5) is 11.6 Å². The van der Waals surface area contributed by atoms with Crippen LogP contribution in [0.1, 0.15) is 34.1 Å². The van der Waals surface area contributed by atoms with E-state index in [-0.39, 0.29) is 19.3 Å². The molecule has 0 atom stereocenters. The predicted molar refractivity (Wildman–Crippen MR) is 125 cm³/mol. The smallest absolute Gasteiger partial charge is 0.227 e. The van der Waals surface area contributed by atoms with Gasteiger partial charge in [-0.1, -0.05) is 7.43 Å². The first kappa shape index (κ1) is 22.6. The lowest BCUT2D eigenvalue weighted by Gasteiger charge is -2.34. The molecule has 1 aliphatic heterocycles. The van der Waals surface area contributed by atoms with Crippen LogP contribution in [0.3, 0.4) is 0 Å². The molecule has 1 saturated heterocycles.